The van der Waals surface area contributed by atoms with Crippen molar-refractivity contribution in [1.82, 2.24) is 9.78 Å². The highest BCUT2D eigenvalue weighted by Crippen LogP contribution is 2.38. The molecule has 0 unspecified atom stereocenters. The molecule has 1 aromatic heterocycles. The first-order valence-electron chi connectivity index (χ1n) is 7.94. The third-order valence-electron chi connectivity index (χ3n) is 4.58. The van der Waals surface area contributed by atoms with Crippen LogP contribution in [0.15, 0.2) is 42.0 Å². The van der Waals surface area contributed by atoms with Crippen molar-refractivity contribution in [2.45, 2.75) is 39.5 Å². The molecule has 3 nitrogen and oxygen atoms in total. The van der Waals surface area contributed by atoms with E-state index >= 15 is 0 Å². The van der Waals surface area contributed by atoms with Crippen LogP contribution in [-0.2, 0) is 0 Å². The first-order valence-corrected chi connectivity index (χ1v) is 8.32. The third-order valence-corrected chi connectivity index (χ3v) is 4.83. The molecule has 1 heterocycles. The Balaban J connectivity index is 1.96. The summed E-state index contributed by atoms with van der Waals surface area (Å²) >= 11 is 6.01. The number of allylic oxidation sites excluding steroid dienone is 2. The summed E-state index contributed by atoms with van der Waals surface area (Å²) in [5.74, 6) is 0.172. The molecular formula is C19H21ClN2O. The molecule has 120 valence electrons. The van der Waals surface area contributed by atoms with Gasteiger partial charge in [0.25, 0.3) is 5.91 Å². The molecule has 0 N–H and O–H groups in total. The van der Waals surface area contributed by atoms with Gasteiger partial charge < -0.3 is 0 Å². The predicted molar refractivity (Wildman–Crippen MR) is 93.0 cm³/mol. The van der Waals surface area contributed by atoms with E-state index in [0.29, 0.717) is 0 Å². The molecule has 0 saturated carbocycles. The molecule has 0 bridgehead atoms. The van der Waals surface area contributed by atoms with Gasteiger partial charge in [0.2, 0.25) is 0 Å². The monoisotopic (exact) mass is 328 g/mol. The lowest BCUT2D eigenvalue weighted by molar-refractivity contribution is 0.0788. The first-order chi connectivity index (χ1) is 11.0. The number of hydrogen-bond acceptors (Lipinski definition) is 2. The molecule has 2 aromatic rings. The van der Waals surface area contributed by atoms with E-state index in [4.69, 9.17) is 11.6 Å². The second-order valence-electron chi connectivity index (χ2n) is 6.43. The van der Waals surface area contributed by atoms with Crippen molar-refractivity contribution in [3.8, 4) is 0 Å². The van der Waals surface area contributed by atoms with Gasteiger partial charge in [0.1, 0.15) is 0 Å². The molecule has 0 fully saturated rings. The van der Waals surface area contributed by atoms with Gasteiger partial charge >= 0.3 is 0 Å². The SMILES string of the molecule is CC1=CC[C@@H](C(=O)n2nc(C)cc2C)[C@@H](c2ccc(Cl)cc2)C1. The number of carbonyl (C=O) groups excluding carboxylic acids is 1. The van der Waals surface area contributed by atoms with Gasteiger partial charge in [0.15, 0.2) is 0 Å². The largest absolute Gasteiger partial charge is 0.272 e. The van der Waals surface area contributed by atoms with E-state index < -0.39 is 0 Å². The fraction of sp³-hybridized carbons (Fsp3) is 0.368. The minimum absolute atomic E-state index is 0.0827. The van der Waals surface area contributed by atoms with Gasteiger partial charge in [-0.3, -0.25) is 4.79 Å². The zero-order valence-corrected chi connectivity index (χ0v) is 14.5. The highest BCUT2D eigenvalue weighted by molar-refractivity contribution is 6.30. The summed E-state index contributed by atoms with van der Waals surface area (Å²) < 4.78 is 1.57. The van der Waals surface area contributed by atoms with Crippen LogP contribution in [0.2, 0.25) is 5.02 Å². The van der Waals surface area contributed by atoms with Gasteiger partial charge in [-0.25, -0.2) is 4.68 Å². The molecule has 0 amide bonds. The number of nitrogens with zero attached hydrogens (tertiary/aromatic N) is 2. The maximum atomic E-state index is 13.0. The zero-order valence-electron chi connectivity index (χ0n) is 13.7. The molecule has 23 heavy (non-hydrogen) atoms. The fourth-order valence-electron chi connectivity index (χ4n) is 3.41. The molecule has 1 aliphatic carbocycles. The lowest BCUT2D eigenvalue weighted by atomic mass is 9.75. The van der Waals surface area contributed by atoms with Crippen molar-refractivity contribution in [2.75, 3.05) is 0 Å². The minimum atomic E-state index is -0.0853. The average molecular weight is 329 g/mol. The number of benzene rings is 1. The normalized spacial score (nSPS) is 21.1. The Morgan fingerprint density at radius 1 is 1.22 bits per heavy atom. The van der Waals surface area contributed by atoms with Gasteiger partial charge in [-0.15, -0.1) is 0 Å². The van der Waals surface area contributed by atoms with Gasteiger partial charge in [-0.05, 0) is 63.3 Å². The van der Waals surface area contributed by atoms with E-state index in [-0.39, 0.29) is 17.7 Å². The summed E-state index contributed by atoms with van der Waals surface area (Å²) in [6.07, 6.45) is 3.84. The van der Waals surface area contributed by atoms with Crippen molar-refractivity contribution in [1.29, 1.82) is 0 Å². The van der Waals surface area contributed by atoms with E-state index in [1.807, 2.05) is 44.2 Å². The summed E-state index contributed by atoms with van der Waals surface area (Å²) in [7, 11) is 0. The quantitative estimate of drug-likeness (QED) is 0.732. The number of rotatable bonds is 2. The van der Waals surface area contributed by atoms with Crippen LogP contribution in [0.5, 0.6) is 0 Å². The van der Waals surface area contributed by atoms with Gasteiger partial charge in [-0.2, -0.15) is 5.10 Å². The van der Waals surface area contributed by atoms with E-state index in [0.717, 1.165) is 29.3 Å². The number of hydrogen-bond donors (Lipinski definition) is 0. The van der Waals surface area contributed by atoms with Crippen molar-refractivity contribution >= 4 is 17.5 Å². The van der Waals surface area contributed by atoms with Crippen LogP contribution in [0, 0.1) is 19.8 Å². The van der Waals surface area contributed by atoms with Gasteiger partial charge in [0.05, 0.1) is 11.6 Å². The molecule has 3 rings (SSSR count). The topological polar surface area (TPSA) is 34.9 Å². The summed E-state index contributed by atoms with van der Waals surface area (Å²) in [5, 5.41) is 5.09. The third kappa shape index (κ3) is 3.25. The second kappa shape index (κ2) is 6.32. The van der Waals surface area contributed by atoms with Crippen LogP contribution in [0.25, 0.3) is 0 Å². The molecular weight excluding hydrogens is 308 g/mol. The molecule has 0 aliphatic heterocycles. The van der Waals surface area contributed by atoms with Gasteiger partial charge in [-0.1, -0.05) is 35.4 Å². The Labute approximate surface area is 142 Å². The van der Waals surface area contributed by atoms with E-state index in [9.17, 15) is 4.79 Å². The molecule has 0 radical (unpaired) electrons. The highest BCUT2D eigenvalue weighted by atomic mass is 35.5. The van der Waals surface area contributed by atoms with Crippen LogP contribution >= 0.6 is 11.6 Å². The zero-order chi connectivity index (χ0) is 16.6. The molecule has 1 aromatic carbocycles. The van der Waals surface area contributed by atoms with Crippen LogP contribution in [0.4, 0.5) is 0 Å². The number of carbonyl (C=O) groups is 1. The predicted octanol–water partition coefficient (Wildman–Crippen LogP) is 4.93. The Kier molecular flexibility index (Phi) is 4.40. The standard InChI is InChI=1S/C19H21ClN2O/c1-12-4-9-17(19(23)22-14(3)11-13(2)21-22)18(10-12)15-5-7-16(20)8-6-15/h4-8,11,17-18H,9-10H2,1-3H3/t17-,18-/m1/s1. The summed E-state index contributed by atoms with van der Waals surface area (Å²) in [6.45, 7) is 5.98. The van der Waals surface area contributed by atoms with Gasteiger partial charge in [0, 0.05) is 10.7 Å². The summed E-state index contributed by atoms with van der Waals surface area (Å²) in [5.41, 5.74) is 4.28. The summed E-state index contributed by atoms with van der Waals surface area (Å²) in [6, 6.07) is 9.81. The highest BCUT2D eigenvalue weighted by Gasteiger charge is 2.33. The van der Waals surface area contributed by atoms with Crippen LogP contribution in [0.3, 0.4) is 0 Å². The Morgan fingerprint density at radius 2 is 1.91 bits per heavy atom. The van der Waals surface area contributed by atoms with Crippen molar-refractivity contribution in [3.05, 3.63) is 64.0 Å². The molecule has 1 aliphatic rings. The second-order valence-corrected chi connectivity index (χ2v) is 6.87. The van der Waals surface area contributed by atoms with E-state index in [1.165, 1.54) is 11.1 Å². The molecule has 0 spiro atoms. The number of halogens is 1. The Bertz CT molecular complexity index is 758. The van der Waals surface area contributed by atoms with Crippen molar-refractivity contribution < 1.29 is 4.79 Å². The maximum Gasteiger partial charge on any atom is 0.251 e. The van der Waals surface area contributed by atoms with Crippen LogP contribution in [0.1, 0.15) is 47.4 Å². The Morgan fingerprint density at radius 3 is 2.52 bits per heavy atom. The van der Waals surface area contributed by atoms with E-state index in [2.05, 4.69) is 18.1 Å². The van der Waals surface area contributed by atoms with Crippen LogP contribution in [-0.4, -0.2) is 15.7 Å². The molecule has 2 atom stereocenters. The number of aromatic nitrogens is 2. The smallest absolute Gasteiger partial charge is 0.251 e. The number of aryl methyl sites for hydroxylation is 2. The molecule has 4 heteroatoms. The lowest BCUT2D eigenvalue weighted by Gasteiger charge is -2.30. The Hall–Kier alpha value is -1.87. The van der Waals surface area contributed by atoms with Crippen LogP contribution < -0.4 is 0 Å². The van der Waals surface area contributed by atoms with E-state index in [1.54, 1.807) is 4.68 Å². The molecule has 0 saturated heterocycles. The van der Waals surface area contributed by atoms with Crippen molar-refractivity contribution in [2.24, 2.45) is 5.92 Å². The summed E-state index contributed by atoms with van der Waals surface area (Å²) in [4.78, 5) is 13.0. The first kappa shape index (κ1) is 16.0. The average Bonchev–Trinajstić information content (AvgIpc) is 2.86. The minimum Gasteiger partial charge on any atom is -0.272 e. The van der Waals surface area contributed by atoms with Crippen molar-refractivity contribution in [3.63, 3.8) is 0 Å². The fourth-order valence-corrected chi connectivity index (χ4v) is 3.53. The maximum absolute atomic E-state index is 13.0. The lowest BCUT2D eigenvalue weighted by Crippen LogP contribution is -2.30.